The molecule has 0 aliphatic carbocycles. The first-order valence-corrected chi connectivity index (χ1v) is 10.5. The van der Waals surface area contributed by atoms with E-state index in [0.717, 1.165) is 22.0 Å². The number of aromatic amines is 1. The van der Waals surface area contributed by atoms with Crippen LogP contribution >= 0.6 is 0 Å². The van der Waals surface area contributed by atoms with Crippen molar-refractivity contribution in [1.82, 2.24) is 24.6 Å². The Kier molecular flexibility index (Phi) is 5.75. The topological polar surface area (TPSA) is 84.7 Å². The SMILES string of the molecule is CCC(NC(=O)c1c(C)ccn(CCc2c[nH]c3ccccc23)c1=O)c1cnn(C)c1. The predicted molar refractivity (Wildman–Crippen MR) is 121 cm³/mol. The molecule has 7 nitrogen and oxygen atoms in total. The van der Waals surface area contributed by atoms with E-state index in [9.17, 15) is 9.59 Å². The van der Waals surface area contributed by atoms with Crippen LogP contribution in [-0.2, 0) is 20.0 Å². The van der Waals surface area contributed by atoms with Gasteiger partial charge in [0.2, 0.25) is 0 Å². The number of aryl methyl sites for hydroxylation is 4. The maximum atomic E-state index is 13.1. The van der Waals surface area contributed by atoms with Crippen molar-refractivity contribution in [3.8, 4) is 0 Å². The summed E-state index contributed by atoms with van der Waals surface area (Å²) in [6.45, 7) is 4.29. The third-order valence-corrected chi connectivity index (χ3v) is 5.74. The lowest BCUT2D eigenvalue weighted by atomic mass is 10.1. The third kappa shape index (κ3) is 4.17. The molecule has 0 fully saturated rings. The smallest absolute Gasteiger partial charge is 0.263 e. The lowest BCUT2D eigenvalue weighted by molar-refractivity contribution is 0.0932. The lowest BCUT2D eigenvalue weighted by Crippen LogP contribution is -2.36. The average molecular weight is 418 g/mol. The highest BCUT2D eigenvalue weighted by molar-refractivity contribution is 5.95. The van der Waals surface area contributed by atoms with Crippen molar-refractivity contribution in [3.05, 3.63) is 87.7 Å². The summed E-state index contributed by atoms with van der Waals surface area (Å²) < 4.78 is 3.32. The average Bonchev–Trinajstić information content (AvgIpc) is 3.38. The molecular weight excluding hydrogens is 390 g/mol. The van der Waals surface area contributed by atoms with E-state index >= 15 is 0 Å². The number of aromatic nitrogens is 4. The van der Waals surface area contributed by atoms with Gasteiger partial charge in [-0.05, 0) is 43.0 Å². The number of hydrogen-bond donors (Lipinski definition) is 2. The van der Waals surface area contributed by atoms with Crippen molar-refractivity contribution in [3.63, 3.8) is 0 Å². The largest absolute Gasteiger partial charge is 0.361 e. The molecule has 0 aliphatic heterocycles. The number of hydrogen-bond acceptors (Lipinski definition) is 3. The molecule has 3 heterocycles. The van der Waals surface area contributed by atoms with Crippen LogP contribution in [0.2, 0.25) is 0 Å². The van der Waals surface area contributed by atoms with Crippen LogP contribution in [0, 0.1) is 6.92 Å². The molecule has 0 bridgehead atoms. The molecular formula is C24H27N5O2. The summed E-state index contributed by atoms with van der Waals surface area (Å²) in [6, 6.07) is 9.74. The minimum Gasteiger partial charge on any atom is -0.361 e. The molecule has 1 aromatic carbocycles. The van der Waals surface area contributed by atoms with Gasteiger partial charge >= 0.3 is 0 Å². The normalized spacial score (nSPS) is 12.2. The zero-order chi connectivity index (χ0) is 22.0. The molecule has 31 heavy (non-hydrogen) atoms. The molecule has 3 aromatic heterocycles. The minimum absolute atomic E-state index is 0.195. The molecule has 160 valence electrons. The van der Waals surface area contributed by atoms with Crippen molar-refractivity contribution in [2.75, 3.05) is 0 Å². The van der Waals surface area contributed by atoms with Crippen LogP contribution in [0.4, 0.5) is 0 Å². The maximum Gasteiger partial charge on any atom is 0.263 e. The Morgan fingerprint density at radius 2 is 2.06 bits per heavy atom. The van der Waals surface area contributed by atoms with Gasteiger partial charge in [-0.2, -0.15) is 5.10 Å². The van der Waals surface area contributed by atoms with Crippen LogP contribution in [0.1, 0.15) is 46.4 Å². The quantitative estimate of drug-likeness (QED) is 0.483. The zero-order valence-electron chi connectivity index (χ0n) is 18.1. The van der Waals surface area contributed by atoms with Crippen molar-refractivity contribution in [2.45, 2.75) is 39.3 Å². The first-order chi connectivity index (χ1) is 15.0. The van der Waals surface area contributed by atoms with Gasteiger partial charge in [0.25, 0.3) is 11.5 Å². The van der Waals surface area contributed by atoms with Crippen LogP contribution in [0.3, 0.4) is 0 Å². The third-order valence-electron chi connectivity index (χ3n) is 5.74. The van der Waals surface area contributed by atoms with Gasteiger partial charge in [0.05, 0.1) is 12.2 Å². The molecule has 7 heteroatoms. The van der Waals surface area contributed by atoms with Crippen LogP contribution in [0.25, 0.3) is 10.9 Å². The van der Waals surface area contributed by atoms with Gasteiger partial charge in [-0.15, -0.1) is 0 Å². The van der Waals surface area contributed by atoms with E-state index in [1.54, 1.807) is 28.6 Å². The number of nitrogens with zero attached hydrogens (tertiary/aromatic N) is 3. The van der Waals surface area contributed by atoms with Crippen LogP contribution in [0.5, 0.6) is 0 Å². The molecule has 4 aromatic rings. The summed E-state index contributed by atoms with van der Waals surface area (Å²) in [5, 5.41) is 8.34. The summed E-state index contributed by atoms with van der Waals surface area (Å²) in [5.74, 6) is -0.348. The number of H-pyrrole nitrogens is 1. The highest BCUT2D eigenvalue weighted by Gasteiger charge is 2.20. The van der Waals surface area contributed by atoms with Gasteiger partial charge in [0.1, 0.15) is 5.56 Å². The Bertz CT molecular complexity index is 1280. The number of carbonyl (C=O) groups is 1. The Morgan fingerprint density at radius 1 is 1.26 bits per heavy atom. The van der Waals surface area contributed by atoms with Crippen LogP contribution in [0.15, 0.2) is 59.9 Å². The molecule has 4 rings (SSSR count). The second-order valence-electron chi connectivity index (χ2n) is 7.86. The standard InChI is InChI=1S/C24H27N5O2/c1-4-20(18-14-26-28(3)15-18)27-23(30)22-16(2)9-11-29(24(22)31)12-10-17-13-25-21-8-6-5-7-19(17)21/h5-9,11,13-15,20,25H,4,10,12H2,1-3H3,(H,27,30). The number of rotatable bonds is 7. The van der Waals surface area contributed by atoms with Gasteiger partial charge in [-0.1, -0.05) is 25.1 Å². The summed E-state index contributed by atoms with van der Waals surface area (Å²) in [6.07, 6.45) is 8.77. The van der Waals surface area contributed by atoms with E-state index in [1.807, 2.05) is 50.6 Å². The highest BCUT2D eigenvalue weighted by atomic mass is 16.2. The Balaban J connectivity index is 1.55. The van der Waals surface area contributed by atoms with Crippen LogP contribution < -0.4 is 10.9 Å². The number of carbonyl (C=O) groups excluding carboxylic acids is 1. The molecule has 0 spiro atoms. The Labute approximate surface area is 180 Å². The summed E-state index contributed by atoms with van der Waals surface area (Å²) in [5.41, 5.74) is 3.76. The highest BCUT2D eigenvalue weighted by Crippen LogP contribution is 2.19. The number of pyridine rings is 1. The number of amides is 1. The fraction of sp³-hybridized carbons (Fsp3) is 0.292. The van der Waals surface area contributed by atoms with Gasteiger partial charge in [-0.3, -0.25) is 14.3 Å². The predicted octanol–water partition coefficient (Wildman–Crippen LogP) is 3.50. The molecule has 1 amide bonds. The first kappa shape index (κ1) is 20.7. The second-order valence-corrected chi connectivity index (χ2v) is 7.86. The Morgan fingerprint density at radius 3 is 2.81 bits per heavy atom. The molecule has 0 radical (unpaired) electrons. The van der Waals surface area contributed by atoms with Crippen molar-refractivity contribution in [1.29, 1.82) is 0 Å². The van der Waals surface area contributed by atoms with Crippen molar-refractivity contribution >= 4 is 16.8 Å². The van der Waals surface area contributed by atoms with E-state index in [1.165, 1.54) is 0 Å². The second kappa shape index (κ2) is 8.63. The fourth-order valence-corrected chi connectivity index (χ4v) is 3.97. The molecule has 1 unspecified atom stereocenters. The summed E-state index contributed by atoms with van der Waals surface area (Å²) in [4.78, 5) is 29.4. The first-order valence-electron chi connectivity index (χ1n) is 10.5. The molecule has 0 saturated heterocycles. The minimum atomic E-state index is -0.348. The van der Waals surface area contributed by atoms with E-state index in [0.29, 0.717) is 24.9 Å². The lowest BCUT2D eigenvalue weighted by Gasteiger charge is -2.17. The van der Waals surface area contributed by atoms with Crippen molar-refractivity contribution in [2.24, 2.45) is 7.05 Å². The molecule has 0 saturated carbocycles. The van der Waals surface area contributed by atoms with Gasteiger partial charge in [0, 0.05) is 48.6 Å². The van der Waals surface area contributed by atoms with E-state index in [-0.39, 0.29) is 23.1 Å². The molecule has 1 atom stereocenters. The summed E-state index contributed by atoms with van der Waals surface area (Å²) >= 11 is 0. The molecule has 0 aliphatic rings. The number of nitrogens with one attached hydrogen (secondary N) is 2. The van der Waals surface area contributed by atoms with E-state index < -0.39 is 0 Å². The zero-order valence-corrected chi connectivity index (χ0v) is 18.1. The fourth-order valence-electron chi connectivity index (χ4n) is 3.97. The van der Waals surface area contributed by atoms with Crippen LogP contribution in [-0.4, -0.2) is 25.2 Å². The number of fused-ring (bicyclic) bond motifs is 1. The van der Waals surface area contributed by atoms with E-state index in [4.69, 9.17) is 0 Å². The maximum absolute atomic E-state index is 13.1. The molecule has 2 N–H and O–H groups in total. The number of benzene rings is 1. The van der Waals surface area contributed by atoms with Crippen molar-refractivity contribution < 1.29 is 4.79 Å². The number of para-hydroxylation sites is 1. The van der Waals surface area contributed by atoms with Gasteiger partial charge < -0.3 is 14.9 Å². The monoisotopic (exact) mass is 417 g/mol. The van der Waals surface area contributed by atoms with E-state index in [2.05, 4.69) is 21.5 Å². The Hall–Kier alpha value is -3.61. The van der Waals surface area contributed by atoms with Gasteiger partial charge in [0.15, 0.2) is 0 Å². The summed E-state index contributed by atoms with van der Waals surface area (Å²) in [7, 11) is 1.84. The van der Waals surface area contributed by atoms with Gasteiger partial charge in [-0.25, -0.2) is 0 Å².